The van der Waals surface area contributed by atoms with E-state index in [2.05, 4.69) is 27.5 Å². The zero-order valence-corrected chi connectivity index (χ0v) is 14.3. The third-order valence-electron chi connectivity index (χ3n) is 2.26. The summed E-state index contributed by atoms with van der Waals surface area (Å²) in [6.07, 6.45) is 3.94. The molecule has 0 spiro atoms. The fraction of sp³-hybridized carbons (Fsp3) is 0.643. The standard InChI is InChI=1S/C11H18N4O2.C2H6.CH5N/c1-5-8-14(2)11-12-9(15(3)13-11)6-7-10(16)17-4;2*1-2/h6-7H,5,8H2,1-4H3;1-2H3;2H2,1H3/b7-6+;;. The first-order valence-electron chi connectivity index (χ1n) is 7.04. The number of esters is 1. The maximum Gasteiger partial charge on any atom is 0.330 e. The second-order valence-corrected chi connectivity index (χ2v) is 3.67. The van der Waals surface area contributed by atoms with Gasteiger partial charge < -0.3 is 15.4 Å². The zero-order valence-electron chi connectivity index (χ0n) is 14.3. The second-order valence-electron chi connectivity index (χ2n) is 3.67. The Morgan fingerprint density at radius 2 is 2.00 bits per heavy atom. The first kappa shape index (κ1) is 21.4. The quantitative estimate of drug-likeness (QED) is 0.654. The number of carbonyl (C=O) groups excluding carboxylic acids is 1. The highest BCUT2D eigenvalue weighted by molar-refractivity contribution is 5.86. The van der Waals surface area contributed by atoms with Crippen LogP contribution in [0.5, 0.6) is 0 Å². The molecule has 2 N–H and O–H groups in total. The molecule has 0 unspecified atom stereocenters. The van der Waals surface area contributed by atoms with Gasteiger partial charge in [0.1, 0.15) is 0 Å². The lowest BCUT2D eigenvalue weighted by Gasteiger charge is -2.12. The predicted octanol–water partition coefficient (Wildman–Crippen LogP) is 1.45. The number of methoxy groups -OCH3 is 1. The molecule has 0 fully saturated rings. The van der Waals surface area contributed by atoms with Crippen molar-refractivity contribution >= 4 is 18.0 Å². The summed E-state index contributed by atoms with van der Waals surface area (Å²) in [5.74, 6) is 0.865. The Balaban J connectivity index is 0. The van der Waals surface area contributed by atoms with E-state index in [0.717, 1.165) is 13.0 Å². The van der Waals surface area contributed by atoms with Gasteiger partial charge in [-0.3, -0.25) is 0 Å². The van der Waals surface area contributed by atoms with E-state index in [1.807, 2.05) is 25.8 Å². The molecule has 122 valence electrons. The van der Waals surface area contributed by atoms with Crippen molar-refractivity contribution in [2.24, 2.45) is 12.8 Å². The van der Waals surface area contributed by atoms with Gasteiger partial charge in [0.05, 0.1) is 7.11 Å². The smallest absolute Gasteiger partial charge is 0.330 e. The third kappa shape index (κ3) is 8.09. The minimum absolute atomic E-state index is 0.406. The average molecular weight is 299 g/mol. The van der Waals surface area contributed by atoms with Crippen LogP contribution in [0.15, 0.2) is 6.08 Å². The molecule has 0 aliphatic carbocycles. The summed E-state index contributed by atoms with van der Waals surface area (Å²) >= 11 is 0. The number of aromatic nitrogens is 3. The Labute approximate surface area is 127 Å². The number of hydrogen-bond donors (Lipinski definition) is 1. The normalized spacial score (nSPS) is 9.33. The van der Waals surface area contributed by atoms with Gasteiger partial charge in [0.25, 0.3) is 0 Å². The molecule has 0 bridgehead atoms. The Hall–Kier alpha value is -1.89. The summed E-state index contributed by atoms with van der Waals surface area (Å²) in [5, 5.41) is 4.26. The van der Waals surface area contributed by atoms with E-state index in [9.17, 15) is 4.79 Å². The molecule has 1 heterocycles. The number of hydrogen-bond acceptors (Lipinski definition) is 6. The molecule has 0 aromatic carbocycles. The van der Waals surface area contributed by atoms with Gasteiger partial charge in [0.15, 0.2) is 5.82 Å². The van der Waals surface area contributed by atoms with Crippen molar-refractivity contribution < 1.29 is 9.53 Å². The largest absolute Gasteiger partial charge is 0.466 e. The monoisotopic (exact) mass is 299 g/mol. The summed E-state index contributed by atoms with van der Waals surface area (Å²) < 4.78 is 6.14. The lowest BCUT2D eigenvalue weighted by atomic mass is 10.4. The summed E-state index contributed by atoms with van der Waals surface area (Å²) in [4.78, 5) is 17.2. The van der Waals surface area contributed by atoms with Gasteiger partial charge >= 0.3 is 5.97 Å². The molecule has 0 saturated carbocycles. The molecule has 1 aromatic rings. The molecule has 0 amide bonds. The van der Waals surface area contributed by atoms with Crippen LogP contribution in [0.4, 0.5) is 5.95 Å². The second kappa shape index (κ2) is 13.1. The van der Waals surface area contributed by atoms with Crippen molar-refractivity contribution in [2.75, 3.05) is 32.6 Å². The molecule has 0 radical (unpaired) electrons. The SMILES string of the molecule is CC.CCCN(C)c1nc(/C=C/C(=O)OC)n(C)n1.CN. The minimum Gasteiger partial charge on any atom is -0.466 e. The first-order valence-corrected chi connectivity index (χ1v) is 7.04. The van der Waals surface area contributed by atoms with Crippen molar-refractivity contribution in [3.8, 4) is 0 Å². The van der Waals surface area contributed by atoms with Crippen LogP contribution in [0, 0.1) is 0 Å². The molecule has 0 aliphatic heterocycles. The lowest BCUT2D eigenvalue weighted by molar-refractivity contribution is -0.134. The van der Waals surface area contributed by atoms with Gasteiger partial charge in [-0.1, -0.05) is 20.8 Å². The number of ether oxygens (including phenoxy) is 1. The summed E-state index contributed by atoms with van der Waals surface area (Å²) in [6.45, 7) is 6.99. The summed E-state index contributed by atoms with van der Waals surface area (Å²) in [6, 6.07) is 0. The molecule has 21 heavy (non-hydrogen) atoms. The Morgan fingerprint density at radius 1 is 1.43 bits per heavy atom. The maximum absolute atomic E-state index is 11.0. The van der Waals surface area contributed by atoms with E-state index >= 15 is 0 Å². The van der Waals surface area contributed by atoms with Crippen molar-refractivity contribution in [3.63, 3.8) is 0 Å². The molecular weight excluding hydrogens is 270 g/mol. The minimum atomic E-state index is -0.406. The van der Waals surface area contributed by atoms with Gasteiger partial charge in [0, 0.05) is 26.7 Å². The molecule has 1 rings (SSSR count). The number of nitrogens with zero attached hydrogens (tertiary/aromatic N) is 4. The Bertz CT molecular complexity index is 415. The highest BCUT2D eigenvalue weighted by Crippen LogP contribution is 2.08. The predicted molar refractivity (Wildman–Crippen MR) is 87.1 cm³/mol. The molecule has 0 aliphatic rings. The van der Waals surface area contributed by atoms with Gasteiger partial charge in [-0.05, 0) is 19.5 Å². The van der Waals surface area contributed by atoms with Gasteiger partial charge in [-0.25, -0.2) is 9.48 Å². The van der Waals surface area contributed by atoms with E-state index in [0.29, 0.717) is 11.8 Å². The zero-order chi connectivity index (χ0) is 16.8. The average Bonchev–Trinajstić information content (AvgIpc) is 2.90. The van der Waals surface area contributed by atoms with Crippen molar-refractivity contribution in [1.82, 2.24) is 14.8 Å². The first-order chi connectivity index (χ1) is 10.1. The molecule has 7 nitrogen and oxygen atoms in total. The van der Waals surface area contributed by atoms with Crippen LogP contribution in [0.2, 0.25) is 0 Å². The third-order valence-corrected chi connectivity index (χ3v) is 2.26. The summed E-state index contributed by atoms with van der Waals surface area (Å²) in [5.41, 5.74) is 4.50. The highest BCUT2D eigenvalue weighted by atomic mass is 16.5. The van der Waals surface area contributed by atoms with Crippen LogP contribution in [0.3, 0.4) is 0 Å². The van der Waals surface area contributed by atoms with Crippen LogP contribution in [-0.4, -0.2) is 48.5 Å². The number of nitrogens with two attached hydrogens (primary N) is 1. The number of carbonyl (C=O) groups is 1. The van der Waals surface area contributed by atoms with Crippen LogP contribution in [-0.2, 0) is 16.6 Å². The molecule has 0 saturated heterocycles. The Kier molecular flexibility index (Phi) is 13.4. The van der Waals surface area contributed by atoms with Gasteiger partial charge in [0.2, 0.25) is 5.95 Å². The molecular formula is C14H29N5O2. The fourth-order valence-electron chi connectivity index (χ4n) is 1.34. The van der Waals surface area contributed by atoms with Crippen molar-refractivity contribution in [3.05, 3.63) is 11.9 Å². The van der Waals surface area contributed by atoms with E-state index < -0.39 is 5.97 Å². The number of aryl methyl sites for hydroxylation is 1. The molecule has 1 aromatic heterocycles. The molecule has 7 heteroatoms. The summed E-state index contributed by atoms with van der Waals surface area (Å²) in [7, 11) is 6.56. The fourth-order valence-corrected chi connectivity index (χ4v) is 1.34. The van der Waals surface area contributed by atoms with Gasteiger partial charge in [-0.15, -0.1) is 5.10 Å². The van der Waals surface area contributed by atoms with E-state index in [1.54, 1.807) is 17.8 Å². The van der Waals surface area contributed by atoms with Crippen LogP contribution in [0.1, 0.15) is 33.0 Å². The van der Waals surface area contributed by atoms with E-state index in [-0.39, 0.29) is 0 Å². The number of rotatable bonds is 5. The van der Waals surface area contributed by atoms with Crippen LogP contribution < -0.4 is 10.6 Å². The highest BCUT2D eigenvalue weighted by Gasteiger charge is 2.08. The van der Waals surface area contributed by atoms with Gasteiger partial charge in [-0.2, -0.15) is 4.98 Å². The van der Waals surface area contributed by atoms with Crippen molar-refractivity contribution in [1.29, 1.82) is 0 Å². The maximum atomic E-state index is 11.0. The molecule has 0 atom stereocenters. The lowest BCUT2D eigenvalue weighted by Crippen LogP contribution is -2.19. The number of anilines is 1. The van der Waals surface area contributed by atoms with E-state index in [1.165, 1.54) is 20.2 Å². The topological polar surface area (TPSA) is 86.3 Å². The van der Waals surface area contributed by atoms with Crippen molar-refractivity contribution in [2.45, 2.75) is 27.2 Å². The Morgan fingerprint density at radius 3 is 2.48 bits per heavy atom. The van der Waals surface area contributed by atoms with Crippen LogP contribution >= 0.6 is 0 Å². The van der Waals surface area contributed by atoms with E-state index in [4.69, 9.17) is 0 Å². The van der Waals surface area contributed by atoms with Crippen LogP contribution in [0.25, 0.3) is 6.08 Å².